The summed E-state index contributed by atoms with van der Waals surface area (Å²) in [5, 5.41) is 0. The first-order chi connectivity index (χ1) is 9.20. The first-order valence-electron chi connectivity index (χ1n) is 6.00. The Bertz CT molecular complexity index is 607. The van der Waals surface area contributed by atoms with E-state index in [0.717, 1.165) is 23.0 Å². The topological polar surface area (TPSA) is 47.3 Å². The molecule has 96 valence electrons. The lowest BCUT2D eigenvalue weighted by atomic mass is 10.0. The number of rotatable bonds is 5. The molecule has 0 bridgehead atoms. The number of aldehydes is 1. The smallest absolute Gasteiger partial charge is 0.221 e. The lowest BCUT2D eigenvalue weighted by Gasteiger charge is -2.03. The van der Waals surface area contributed by atoms with E-state index >= 15 is 0 Å². The lowest BCUT2D eigenvalue weighted by molar-refractivity contribution is -0.107. The van der Waals surface area contributed by atoms with Crippen LogP contribution >= 0.6 is 0 Å². The van der Waals surface area contributed by atoms with E-state index in [1.165, 1.54) is 12.3 Å². The summed E-state index contributed by atoms with van der Waals surface area (Å²) < 4.78 is 5.03. The second-order valence-corrected chi connectivity index (χ2v) is 4.25. The van der Waals surface area contributed by atoms with Gasteiger partial charge in [0.05, 0.1) is 6.26 Å². The monoisotopic (exact) mass is 254 g/mol. The summed E-state index contributed by atoms with van der Waals surface area (Å²) in [6.07, 6.45) is 5.84. The van der Waals surface area contributed by atoms with E-state index in [0.29, 0.717) is 12.2 Å². The van der Waals surface area contributed by atoms with Gasteiger partial charge in [-0.3, -0.25) is 4.79 Å². The number of aryl methyl sites for hydroxylation is 1. The third kappa shape index (κ3) is 3.28. The average Bonchev–Trinajstić information content (AvgIpc) is 2.93. The Morgan fingerprint density at radius 3 is 2.84 bits per heavy atom. The molecule has 3 heteroatoms. The highest BCUT2D eigenvalue weighted by molar-refractivity contribution is 6.04. The standard InChI is InChI=1S/C16H14O3/c1-12-4-5-13(8-9-17)14(11-12)6-7-15(18)16-3-2-10-19-16/h2-7,9-11H,8H2,1H3/b7-6+. The Hall–Kier alpha value is -2.42. The molecule has 2 rings (SSSR count). The molecule has 0 radical (unpaired) electrons. The number of hydrogen-bond acceptors (Lipinski definition) is 3. The molecule has 1 aromatic carbocycles. The van der Waals surface area contributed by atoms with Crippen molar-refractivity contribution in [2.24, 2.45) is 0 Å². The van der Waals surface area contributed by atoms with Gasteiger partial charge in [-0.1, -0.05) is 29.8 Å². The Morgan fingerprint density at radius 2 is 2.16 bits per heavy atom. The number of carbonyl (C=O) groups is 2. The fourth-order valence-corrected chi connectivity index (χ4v) is 1.81. The summed E-state index contributed by atoms with van der Waals surface area (Å²) in [5.41, 5.74) is 2.87. The van der Waals surface area contributed by atoms with Crippen molar-refractivity contribution in [2.75, 3.05) is 0 Å². The van der Waals surface area contributed by atoms with Gasteiger partial charge < -0.3 is 9.21 Å². The lowest BCUT2D eigenvalue weighted by Crippen LogP contribution is -1.94. The van der Waals surface area contributed by atoms with Crippen LogP contribution in [0.1, 0.15) is 27.2 Å². The van der Waals surface area contributed by atoms with Gasteiger partial charge >= 0.3 is 0 Å². The molecule has 0 saturated heterocycles. The van der Waals surface area contributed by atoms with E-state index in [4.69, 9.17) is 4.42 Å². The highest BCUT2D eigenvalue weighted by atomic mass is 16.3. The van der Waals surface area contributed by atoms with E-state index in [-0.39, 0.29) is 5.78 Å². The van der Waals surface area contributed by atoms with Gasteiger partial charge in [-0.25, -0.2) is 0 Å². The van der Waals surface area contributed by atoms with Crippen LogP contribution in [-0.4, -0.2) is 12.1 Å². The minimum atomic E-state index is -0.191. The number of carbonyl (C=O) groups excluding carboxylic acids is 2. The van der Waals surface area contributed by atoms with Gasteiger partial charge in [0.15, 0.2) is 5.76 Å². The van der Waals surface area contributed by atoms with Crippen molar-refractivity contribution in [3.05, 3.63) is 65.1 Å². The summed E-state index contributed by atoms with van der Waals surface area (Å²) >= 11 is 0. The van der Waals surface area contributed by atoms with Crippen LogP contribution in [0.5, 0.6) is 0 Å². The molecule has 1 heterocycles. The van der Waals surface area contributed by atoms with Crippen LogP contribution in [0.2, 0.25) is 0 Å². The summed E-state index contributed by atoms with van der Waals surface area (Å²) in [6, 6.07) is 9.09. The third-order valence-corrected chi connectivity index (χ3v) is 2.78. The maximum absolute atomic E-state index is 11.8. The van der Waals surface area contributed by atoms with Crippen LogP contribution in [0, 0.1) is 6.92 Å². The van der Waals surface area contributed by atoms with Gasteiger partial charge in [0, 0.05) is 6.42 Å². The molecular weight excluding hydrogens is 240 g/mol. The van der Waals surface area contributed by atoms with Gasteiger partial charge in [-0.15, -0.1) is 0 Å². The first-order valence-corrected chi connectivity index (χ1v) is 6.00. The van der Waals surface area contributed by atoms with Crippen LogP contribution in [-0.2, 0) is 11.2 Å². The van der Waals surface area contributed by atoms with E-state index in [1.807, 2.05) is 25.1 Å². The molecule has 2 aromatic rings. The van der Waals surface area contributed by atoms with Crippen molar-refractivity contribution in [1.82, 2.24) is 0 Å². The highest BCUT2D eigenvalue weighted by Crippen LogP contribution is 2.14. The molecule has 0 aliphatic carbocycles. The summed E-state index contributed by atoms with van der Waals surface area (Å²) in [4.78, 5) is 22.4. The molecule has 19 heavy (non-hydrogen) atoms. The molecule has 0 fully saturated rings. The van der Waals surface area contributed by atoms with Crippen LogP contribution in [0.3, 0.4) is 0 Å². The predicted molar refractivity (Wildman–Crippen MR) is 73.0 cm³/mol. The number of benzene rings is 1. The normalized spacial score (nSPS) is 10.8. The van der Waals surface area contributed by atoms with Gasteiger partial charge in [0.1, 0.15) is 6.29 Å². The molecule has 3 nitrogen and oxygen atoms in total. The zero-order valence-electron chi connectivity index (χ0n) is 10.6. The summed E-state index contributed by atoms with van der Waals surface area (Å²) in [7, 11) is 0. The minimum Gasteiger partial charge on any atom is -0.461 e. The van der Waals surface area contributed by atoms with Gasteiger partial charge in [-0.05, 0) is 36.3 Å². The Balaban J connectivity index is 2.24. The Kier molecular flexibility index (Phi) is 4.08. The van der Waals surface area contributed by atoms with E-state index in [1.54, 1.807) is 18.2 Å². The van der Waals surface area contributed by atoms with E-state index < -0.39 is 0 Å². The van der Waals surface area contributed by atoms with E-state index in [2.05, 4.69) is 0 Å². The van der Waals surface area contributed by atoms with Crippen LogP contribution in [0.15, 0.2) is 47.1 Å². The second-order valence-electron chi connectivity index (χ2n) is 4.25. The average molecular weight is 254 g/mol. The van der Waals surface area contributed by atoms with Gasteiger partial charge in [0.25, 0.3) is 0 Å². The van der Waals surface area contributed by atoms with Crippen molar-refractivity contribution in [3.63, 3.8) is 0 Å². The predicted octanol–water partition coefficient (Wildman–Crippen LogP) is 3.23. The summed E-state index contributed by atoms with van der Waals surface area (Å²) in [5.74, 6) is 0.115. The molecular formula is C16H14O3. The first kappa shape index (κ1) is 13.0. The van der Waals surface area contributed by atoms with Crippen molar-refractivity contribution >= 4 is 18.1 Å². The van der Waals surface area contributed by atoms with Crippen molar-refractivity contribution in [1.29, 1.82) is 0 Å². The largest absolute Gasteiger partial charge is 0.461 e. The van der Waals surface area contributed by atoms with Crippen LogP contribution in [0.4, 0.5) is 0 Å². The second kappa shape index (κ2) is 5.96. The molecule has 0 unspecified atom stereocenters. The maximum atomic E-state index is 11.8. The fraction of sp³-hybridized carbons (Fsp3) is 0.125. The number of hydrogen-bond donors (Lipinski definition) is 0. The minimum absolute atomic E-state index is 0.191. The summed E-state index contributed by atoms with van der Waals surface area (Å²) in [6.45, 7) is 1.97. The molecule has 0 N–H and O–H groups in total. The van der Waals surface area contributed by atoms with Crippen molar-refractivity contribution in [3.8, 4) is 0 Å². The molecule has 0 aliphatic rings. The quantitative estimate of drug-likeness (QED) is 0.467. The van der Waals surface area contributed by atoms with E-state index in [9.17, 15) is 9.59 Å². The molecule has 1 aromatic heterocycles. The van der Waals surface area contributed by atoms with Crippen molar-refractivity contribution in [2.45, 2.75) is 13.3 Å². The van der Waals surface area contributed by atoms with Crippen LogP contribution in [0.25, 0.3) is 6.08 Å². The van der Waals surface area contributed by atoms with Gasteiger partial charge in [0.2, 0.25) is 5.78 Å². The molecule has 0 atom stereocenters. The molecule has 0 spiro atoms. The third-order valence-electron chi connectivity index (χ3n) is 2.78. The zero-order chi connectivity index (χ0) is 13.7. The van der Waals surface area contributed by atoms with Crippen LogP contribution < -0.4 is 0 Å². The maximum Gasteiger partial charge on any atom is 0.221 e. The zero-order valence-corrected chi connectivity index (χ0v) is 10.6. The van der Waals surface area contributed by atoms with Crippen molar-refractivity contribution < 1.29 is 14.0 Å². The number of ketones is 1. The number of furan rings is 1. The SMILES string of the molecule is Cc1ccc(CC=O)c(/C=C/C(=O)c2ccco2)c1. The molecule has 0 amide bonds. The fourth-order valence-electron chi connectivity index (χ4n) is 1.81. The molecule has 0 aliphatic heterocycles. The Morgan fingerprint density at radius 1 is 1.32 bits per heavy atom. The highest BCUT2D eigenvalue weighted by Gasteiger charge is 2.05. The van der Waals surface area contributed by atoms with Gasteiger partial charge in [-0.2, -0.15) is 0 Å². The number of allylic oxidation sites excluding steroid dienone is 1. The Labute approximate surface area is 111 Å². The molecule has 0 saturated carbocycles.